The fourth-order valence-corrected chi connectivity index (χ4v) is 1.57. The highest BCUT2D eigenvalue weighted by molar-refractivity contribution is 5.37. The van der Waals surface area contributed by atoms with Gasteiger partial charge >= 0.3 is 0 Å². The highest BCUT2D eigenvalue weighted by Crippen LogP contribution is 2.00. The Labute approximate surface area is 98.9 Å². The smallest absolute Gasteiger partial charge is 0.268 e. The van der Waals surface area contributed by atoms with Crippen molar-refractivity contribution in [1.82, 2.24) is 19.6 Å². The molecule has 0 unspecified atom stereocenters. The number of aryl methyl sites for hydroxylation is 3. The minimum atomic E-state index is -0.0965. The van der Waals surface area contributed by atoms with Gasteiger partial charge in [0.15, 0.2) is 0 Å². The van der Waals surface area contributed by atoms with Crippen LogP contribution in [-0.4, -0.2) is 26.6 Å². The molecule has 2 rings (SSSR count). The summed E-state index contributed by atoms with van der Waals surface area (Å²) in [6.07, 6.45) is 6.13. The summed E-state index contributed by atoms with van der Waals surface area (Å²) in [4.78, 5) is 11.7. The molecule has 0 aliphatic carbocycles. The zero-order valence-electron chi connectivity index (χ0n) is 9.92. The summed E-state index contributed by atoms with van der Waals surface area (Å²) in [6.45, 7) is 0.564. The standard InChI is InChI=1S/C11H15N5O/c1-12-10-5-11(17)16(14-7-10)4-3-9-6-13-15(2)8-9/h5-8,12H,3-4H2,1-2H3. The van der Waals surface area contributed by atoms with E-state index < -0.39 is 0 Å². The van der Waals surface area contributed by atoms with E-state index in [4.69, 9.17) is 0 Å². The number of hydrogen-bond donors (Lipinski definition) is 1. The SMILES string of the molecule is CNc1cnn(CCc2cnn(C)c2)c(=O)c1. The molecule has 0 amide bonds. The summed E-state index contributed by atoms with van der Waals surface area (Å²) in [5, 5.41) is 11.0. The highest BCUT2D eigenvalue weighted by atomic mass is 16.1. The van der Waals surface area contributed by atoms with Gasteiger partial charge in [0.05, 0.1) is 18.1 Å². The first-order valence-corrected chi connectivity index (χ1v) is 5.41. The van der Waals surface area contributed by atoms with E-state index >= 15 is 0 Å². The normalized spacial score (nSPS) is 10.5. The first kappa shape index (κ1) is 11.4. The largest absolute Gasteiger partial charge is 0.387 e. The van der Waals surface area contributed by atoms with Gasteiger partial charge in [0.1, 0.15) is 0 Å². The van der Waals surface area contributed by atoms with Crippen molar-refractivity contribution in [2.75, 3.05) is 12.4 Å². The van der Waals surface area contributed by atoms with Crippen LogP contribution in [0.5, 0.6) is 0 Å². The van der Waals surface area contributed by atoms with E-state index in [1.54, 1.807) is 24.1 Å². The Hall–Kier alpha value is -2.11. The predicted molar refractivity (Wildman–Crippen MR) is 65.0 cm³/mol. The van der Waals surface area contributed by atoms with E-state index in [9.17, 15) is 4.79 Å². The van der Waals surface area contributed by atoms with Crippen LogP contribution in [0.15, 0.2) is 29.5 Å². The van der Waals surface area contributed by atoms with Crippen molar-refractivity contribution in [2.24, 2.45) is 7.05 Å². The lowest BCUT2D eigenvalue weighted by Crippen LogP contribution is -2.23. The van der Waals surface area contributed by atoms with Crippen LogP contribution in [-0.2, 0) is 20.0 Å². The van der Waals surface area contributed by atoms with Crippen molar-refractivity contribution < 1.29 is 0 Å². The van der Waals surface area contributed by atoms with Crippen molar-refractivity contribution in [2.45, 2.75) is 13.0 Å². The molecular weight excluding hydrogens is 218 g/mol. The zero-order chi connectivity index (χ0) is 12.3. The summed E-state index contributed by atoms with van der Waals surface area (Å²) in [6, 6.07) is 1.54. The summed E-state index contributed by atoms with van der Waals surface area (Å²) < 4.78 is 3.20. The van der Waals surface area contributed by atoms with Gasteiger partial charge in [-0.05, 0) is 12.0 Å². The van der Waals surface area contributed by atoms with Crippen molar-refractivity contribution in [3.8, 4) is 0 Å². The van der Waals surface area contributed by atoms with Gasteiger partial charge in [-0.25, -0.2) is 4.68 Å². The molecule has 6 nitrogen and oxygen atoms in total. The number of aromatic nitrogens is 4. The summed E-state index contributed by atoms with van der Waals surface area (Å²) >= 11 is 0. The molecule has 0 aliphatic rings. The van der Waals surface area contributed by atoms with Crippen LogP contribution in [0.4, 0.5) is 5.69 Å². The fraction of sp³-hybridized carbons (Fsp3) is 0.364. The average Bonchev–Trinajstić information content (AvgIpc) is 2.73. The highest BCUT2D eigenvalue weighted by Gasteiger charge is 2.01. The molecule has 0 aliphatic heterocycles. The molecule has 0 saturated carbocycles. The van der Waals surface area contributed by atoms with Crippen LogP contribution in [0.3, 0.4) is 0 Å². The number of nitrogens with zero attached hydrogens (tertiary/aromatic N) is 4. The van der Waals surface area contributed by atoms with Gasteiger partial charge in [0.25, 0.3) is 5.56 Å². The molecule has 2 aromatic heterocycles. The van der Waals surface area contributed by atoms with Crippen LogP contribution in [0.25, 0.3) is 0 Å². The molecule has 0 aromatic carbocycles. The molecule has 0 atom stereocenters. The molecule has 90 valence electrons. The van der Waals surface area contributed by atoms with Crippen LogP contribution in [0, 0.1) is 0 Å². The second-order valence-corrected chi connectivity index (χ2v) is 3.83. The van der Waals surface area contributed by atoms with Gasteiger partial charge in [-0.2, -0.15) is 10.2 Å². The van der Waals surface area contributed by atoms with Crippen LogP contribution in [0.1, 0.15) is 5.56 Å². The van der Waals surface area contributed by atoms with E-state index in [2.05, 4.69) is 15.5 Å². The van der Waals surface area contributed by atoms with E-state index in [1.165, 1.54) is 10.7 Å². The van der Waals surface area contributed by atoms with Gasteiger partial charge in [0, 0.05) is 32.9 Å². The molecule has 0 saturated heterocycles. The summed E-state index contributed by atoms with van der Waals surface area (Å²) in [7, 11) is 3.63. The molecule has 1 N–H and O–H groups in total. The van der Waals surface area contributed by atoms with Gasteiger partial charge in [-0.1, -0.05) is 0 Å². The second kappa shape index (κ2) is 4.82. The topological polar surface area (TPSA) is 64.7 Å². The Morgan fingerprint density at radius 3 is 2.76 bits per heavy atom. The number of anilines is 1. The number of nitrogens with one attached hydrogen (secondary N) is 1. The lowest BCUT2D eigenvalue weighted by atomic mass is 10.2. The van der Waals surface area contributed by atoms with Crippen molar-refractivity contribution in [3.05, 3.63) is 40.6 Å². The molecule has 2 aromatic rings. The Morgan fingerprint density at radius 1 is 1.35 bits per heavy atom. The predicted octanol–water partition coefficient (Wildman–Crippen LogP) is 0.261. The molecule has 6 heteroatoms. The van der Waals surface area contributed by atoms with Crippen molar-refractivity contribution in [1.29, 1.82) is 0 Å². The third kappa shape index (κ3) is 2.72. The number of hydrogen-bond acceptors (Lipinski definition) is 4. The lowest BCUT2D eigenvalue weighted by molar-refractivity contribution is 0.578. The molecular formula is C11H15N5O. The molecule has 17 heavy (non-hydrogen) atoms. The lowest BCUT2D eigenvalue weighted by Gasteiger charge is -2.04. The van der Waals surface area contributed by atoms with Crippen LogP contribution >= 0.6 is 0 Å². The maximum Gasteiger partial charge on any atom is 0.268 e. The first-order chi connectivity index (χ1) is 8.19. The average molecular weight is 233 g/mol. The van der Waals surface area contributed by atoms with Gasteiger partial charge < -0.3 is 5.32 Å². The first-order valence-electron chi connectivity index (χ1n) is 5.41. The Kier molecular flexibility index (Phi) is 3.22. The molecule has 0 radical (unpaired) electrons. The Bertz CT molecular complexity index is 557. The minimum absolute atomic E-state index is 0.0965. The molecule has 0 spiro atoms. The van der Waals surface area contributed by atoms with Gasteiger partial charge in [-0.15, -0.1) is 0 Å². The molecule has 2 heterocycles. The Balaban J connectivity index is 2.06. The summed E-state index contributed by atoms with van der Waals surface area (Å²) in [5.74, 6) is 0. The minimum Gasteiger partial charge on any atom is -0.387 e. The third-order valence-electron chi connectivity index (χ3n) is 2.53. The maximum atomic E-state index is 11.7. The quantitative estimate of drug-likeness (QED) is 0.822. The second-order valence-electron chi connectivity index (χ2n) is 3.83. The Morgan fingerprint density at radius 2 is 2.18 bits per heavy atom. The van der Waals surface area contributed by atoms with Crippen molar-refractivity contribution >= 4 is 5.69 Å². The van der Waals surface area contributed by atoms with Gasteiger partial charge in [0.2, 0.25) is 0 Å². The van der Waals surface area contributed by atoms with E-state index in [0.29, 0.717) is 6.54 Å². The number of rotatable bonds is 4. The fourth-order valence-electron chi connectivity index (χ4n) is 1.57. The maximum absolute atomic E-state index is 11.7. The van der Waals surface area contributed by atoms with Crippen LogP contribution < -0.4 is 10.9 Å². The van der Waals surface area contributed by atoms with Gasteiger partial charge in [-0.3, -0.25) is 9.48 Å². The summed E-state index contributed by atoms with van der Waals surface area (Å²) in [5.41, 5.74) is 1.73. The zero-order valence-corrected chi connectivity index (χ0v) is 9.92. The van der Waals surface area contributed by atoms with Crippen LogP contribution in [0.2, 0.25) is 0 Å². The third-order valence-corrected chi connectivity index (χ3v) is 2.53. The molecule has 0 fully saturated rings. The van der Waals surface area contributed by atoms with Crippen molar-refractivity contribution in [3.63, 3.8) is 0 Å². The monoisotopic (exact) mass is 233 g/mol. The van der Waals surface area contributed by atoms with E-state index in [-0.39, 0.29) is 5.56 Å². The van der Waals surface area contributed by atoms with E-state index in [0.717, 1.165) is 17.7 Å². The van der Waals surface area contributed by atoms with E-state index in [1.807, 2.05) is 13.2 Å². The molecule has 0 bridgehead atoms.